The highest BCUT2D eigenvalue weighted by molar-refractivity contribution is 9.10. The Morgan fingerprint density at radius 2 is 2.28 bits per heavy atom. The minimum absolute atomic E-state index is 0.578. The Morgan fingerprint density at radius 3 is 3.11 bits per heavy atom. The zero-order valence-electron chi connectivity index (χ0n) is 10.1. The maximum Gasteiger partial charge on any atom is 0.133 e. The van der Waals surface area contributed by atoms with Crippen LogP contribution in [0.5, 0.6) is 0 Å². The summed E-state index contributed by atoms with van der Waals surface area (Å²) in [5, 5.41) is 9.32. The van der Waals surface area contributed by atoms with Crippen LogP contribution in [0.4, 0.5) is 5.82 Å². The standard InChI is InChI=1S/C14H16BrN3/c15-13-5-1-4-12-11(13)6-8-17-14(12)18-9-10-3-2-7-16-10/h1,4-6,8,10,16H,2-3,7,9H2,(H,17,18). The average molecular weight is 306 g/mol. The van der Waals surface area contributed by atoms with Crippen LogP contribution in [0.25, 0.3) is 10.8 Å². The van der Waals surface area contributed by atoms with Gasteiger partial charge in [-0.25, -0.2) is 4.98 Å². The van der Waals surface area contributed by atoms with Crippen molar-refractivity contribution in [1.82, 2.24) is 10.3 Å². The molecule has 1 unspecified atom stereocenters. The van der Waals surface area contributed by atoms with Gasteiger partial charge in [-0.15, -0.1) is 0 Å². The largest absolute Gasteiger partial charge is 0.368 e. The highest BCUT2D eigenvalue weighted by Gasteiger charge is 2.14. The van der Waals surface area contributed by atoms with Gasteiger partial charge in [0.05, 0.1) is 0 Å². The van der Waals surface area contributed by atoms with Gasteiger partial charge in [-0.2, -0.15) is 0 Å². The van der Waals surface area contributed by atoms with E-state index in [9.17, 15) is 0 Å². The van der Waals surface area contributed by atoms with E-state index < -0.39 is 0 Å². The molecule has 0 bridgehead atoms. The van der Waals surface area contributed by atoms with E-state index in [0.717, 1.165) is 23.4 Å². The average Bonchev–Trinajstić information content (AvgIpc) is 2.90. The van der Waals surface area contributed by atoms with Crippen LogP contribution < -0.4 is 10.6 Å². The number of anilines is 1. The summed E-state index contributed by atoms with van der Waals surface area (Å²) in [5.74, 6) is 0.975. The molecule has 4 heteroatoms. The third-order valence-corrected chi connectivity index (χ3v) is 4.12. The molecule has 1 aromatic carbocycles. The van der Waals surface area contributed by atoms with Crippen molar-refractivity contribution in [3.8, 4) is 0 Å². The Morgan fingerprint density at radius 1 is 1.33 bits per heavy atom. The van der Waals surface area contributed by atoms with Gasteiger partial charge in [-0.1, -0.05) is 28.1 Å². The predicted molar refractivity (Wildman–Crippen MR) is 79.0 cm³/mol. The number of nitrogens with zero attached hydrogens (tertiary/aromatic N) is 1. The second-order valence-corrected chi connectivity index (χ2v) is 5.52. The Labute approximate surface area is 115 Å². The number of fused-ring (bicyclic) bond motifs is 1. The Hall–Kier alpha value is -1.13. The molecular formula is C14H16BrN3. The summed E-state index contributed by atoms with van der Waals surface area (Å²) in [4.78, 5) is 4.45. The van der Waals surface area contributed by atoms with E-state index in [0.29, 0.717) is 6.04 Å². The first-order valence-corrected chi connectivity index (χ1v) is 7.14. The topological polar surface area (TPSA) is 37.0 Å². The maximum atomic E-state index is 4.45. The molecule has 2 N–H and O–H groups in total. The van der Waals surface area contributed by atoms with Gasteiger partial charge < -0.3 is 10.6 Å². The van der Waals surface area contributed by atoms with Gasteiger partial charge in [-0.3, -0.25) is 0 Å². The van der Waals surface area contributed by atoms with E-state index in [1.807, 2.05) is 18.3 Å². The predicted octanol–water partition coefficient (Wildman–Crippen LogP) is 3.16. The number of nitrogens with one attached hydrogen (secondary N) is 2. The summed E-state index contributed by atoms with van der Waals surface area (Å²) in [6, 6.07) is 8.84. The molecule has 1 atom stereocenters. The molecule has 1 aliphatic rings. The minimum atomic E-state index is 0.578. The molecule has 1 aliphatic heterocycles. The number of pyridine rings is 1. The fourth-order valence-electron chi connectivity index (χ4n) is 2.46. The van der Waals surface area contributed by atoms with E-state index in [4.69, 9.17) is 0 Å². The van der Waals surface area contributed by atoms with Crippen molar-refractivity contribution in [1.29, 1.82) is 0 Å². The van der Waals surface area contributed by atoms with Crippen LogP contribution in [0.15, 0.2) is 34.9 Å². The highest BCUT2D eigenvalue weighted by Crippen LogP contribution is 2.27. The van der Waals surface area contributed by atoms with Crippen LogP contribution in [0.3, 0.4) is 0 Å². The molecule has 2 aromatic rings. The quantitative estimate of drug-likeness (QED) is 0.914. The lowest BCUT2D eigenvalue weighted by Crippen LogP contribution is -2.29. The van der Waals surface area contributed by atoms with Crippen molar-refractivity contribution in [3.63, 3.8) is 0 Å². The van der Waals surface area contributed by atoms with Crippen LogP contribution in [0.1, 0.15) is 12.8 Å². The molecule has 18 heavy (non-hydrogen) atoms. The number of hydrogen-bond donors (Lipinski definition) is 2. The molecule has 2 heterocycles. The summed E-state index contributed by atoms with van der Waals surface area (Å²) < 4.78 is 1.12. The van der Waals surface area contributed by atoms with Crippen LogP contribution >= 0.6 is 15.9 Å². The van der Waals surface area contributed by atoms with E-state index in [1.54, 1.807) is 0 Å². The highest BCUT2D eigenvalue weighted by atomic mass is 79.9. The molecular weight excluding hydrogens is 290 g/mol. The van der Waals surface area contributed by atoms with Crippen molar-refractivity contribution in [2.75, 3.05) is 18.4 Å². The van der Waals surface area contributed by atoms with Crippen LogP contribution in [0.2, 0.25) is 0 Å². The van der Waals surface area contributed by atoms with E-state index in [1.165, 1.54) is 23.6 Å². The van der Waals surface area contributed by atoms with Gasteiger partial charge >= 0.3 is 0 Å². The molecule has 1 saturated heterocycles. The first-order valence-electron chi connectivity index (χ1n) is 6.35. The van der Waals surface area contributed by atoms with Gasteiger partial charge in [-0.05, 0) is 31.5 Å². The van der Waals surface area contributed by atoms with Crippen molar-refractivity contribution in [2.45, 2.75) is 18.9 Å². The van der Waals surface area contributed by atoms with Crippen LogP contribution in [0, 0.1) is 0 Å². The fourth-order valence-corrected chi connectivity index (χ4v) is 2.96. The molecule has 0 spiro atoms. The summed E-state index contributed by atoms with van der Waals surface area (Å²) in [7, 11) is 0. The normalized spacial score (nSPS) is 19.3. The summed E-state index contributed by atoms with van der Waals surface area (Å²) in [6.45, 7) is 2.08. The lowest BCUT2D eigenvalue weighted by molar-refractivity contribution is 0.633. The van der Waals surface area contributed by atoms with E-state index in [2.05, 4.69) is 43.7 Å². The second-order valence-electron chi connectivity index (χ2n) is 4.67. The first-order chi connectivity index (χ1) is 8.84. The molecule has 0 amide bonds. The first kappa shape index (κ1) is 11.9. The molecule has 3 rings (SSSR count). The summed E-state index contributed by atoms with van der Waals surface area (Å²) >= 11 is 3.58. The van der Waals surface area contributed by atoms with Gasteiger partial charge in [0.2, 0.25) is 0 Å². The molecule has 0 radical (unpaired) electrons. The lowest BCUT2D eigenvalue weighted by atomic mass is 10.1. The molecule has 1 fully saturated rings. The number of rotatable bonds is 3. The van der Waals surface area contributed by atoms with Gasteiger partial charge in [0.15, 0.2) is 0 Å². The monoisotopic (exact) mass is 305 g/mol. The molecule has 0 saturated carbocycles. The zero-order valence-corrected chi connectivity index (χ0v) is 11.7. The van der Waals surface area contributed by atoms with Crippen LogP contribution in [-0.2, 0) is 0 Å². The van der Waals surface area contributed by atoms with Crippen molar-refractivity contribution < 1.29 is 0 Å². The lowest BCUT2D eigenvalue weighted by Gasteiger charge is -2.13. The summed E-state index contributed by atoms with van der Waals surface area (Å²) in [5.41, 5.74) is 0. The Balaban J connectivity index is 1.85. The Kier molecular flexibility index (Phi) is 3.48. The van der Waals surface area contributed by atoms with Crippen LogP contribution in [-0.4, -0.2) is 24.1 Å². The van der Waals surface area contributed by atoms with Gasteiger partial charge in [0, 0.05) is 34.0 Å². The van der Waals surface area contributed by atoms with E-state index in [-0.39, 0.29) is 0 Å². The zero-order chi connectivity index (χ0) is 12.4. The minimum Gasteiger partial charge on any atom is -0.368 e. The summed E-state index contributed by atoms with van der Waals surface area (Å²) in [6.07, 6.45) is 4.39. The van der Waals surface area contributed by atoms with Crippen molar-refractivity contribution in [3.05, 3.63) is 34.9 Å². The number of halogens is 1. The van der Waals surface area contributed by atoms with Crippen molar-refractivity contribution in [2.24, 2.45) is 0 Å². The van der Waals surface area contributed by atoms with E-state index >= 15 is 0 Å². The molecule has 0 aliphatic carbocycles. The second kappa shape index (κ2) is 5.24. The smallest absolute Gasteiger partial charge is 0.133 e. The maximum absolute atomic E-state index is 4.45. The molecule has 94 valence electrons. The van der Waals surface area contributed by atoms with Gasteiger partial charge in [0.25, 0.3) is 0 Å². The Bertz CT molecular complexity index is 550. The number of benzene rings is 1. The molecule has 3 nitrogen and oxygen atoms in total. The molecule has 1 aromatic heterocycles. The number of aromatic nitrogens is 1. The SMILES string of the molecule is Brc1cccc2c(NCC3CCCN3)nccc12. The fraction of sp³-hybridized carbons (Fsp3) is 0.357. The third-order valence-electron chi connectivity index (χ3n) is 3.43. The third kappa shape index (κ3) is 2.35. The van der Waals surface area contributed by atoms with Gasteiger partial charge in [0.1, 0.15) is 5.82 Å². The van der Waals surface area contributed by atoms with Crippen molar-refractivity contribution >= 4 is 32.5 Å². The number of hydrogen-bond acceptors (Lipinski definition) is 3.